The molecule has 6 heteroatoms. The number of rotatable bonds is 7. The Balaban J connectivity index is 2.22. The summed E-state index contributed by atoms with van der Waals surface area (Å²) in [5, 5.41) is 2.06. The molecule has 1 rings (SSSR count). The number of sulfonamides is 1. The van der Waals surface area contributed by atoms with Crippen LogP contribution in [0.1, 0.15) is 5.56 Å². The van der Waals surface area contributed by atoms with Crippen LogP contribution in [0.25, 0.3) is 4.72 Å². The van der Waals surface area contributed by atoms with Crippen LogP contribution in [0, 0.1) is 0 Å². The van der Waals surface area contributed by atoms with Crippen molar-refractivity contribution < 1.29 is 13.7 Å². The fraction of sp³-hybridized carbons (Fsp3) is 0.455. The van der Waals surface area contributed by atoms with E-state index in [2.05, 4.69) is 34.3 Å². The highest BCUT2D eigenvalue weighted by atomic mass is 32.2. The lowest BCUT2D eigenvalue weighted by molar-refractivity contribution is -0.667. The molecule has 0 aliphatic heterocycles. The quantitative estimate of drug-likeness (QED) is 0.591. The molecule has 0 bridgehead atoms. The van der Waals surface area contributed by atoms with Gasteiger partial charge in [0.2, 0.25) is 0 Å². The molecule has 0 fully saturated rings. The standard InChI is InChI=1S/C11H17N2O2S2/c1-16-11-5-3-10(4-6-11)9-12-7-8-13-17(2,14)15/h3-6,12H,7-9H2,1-2H3/q-1/p+1. The van der Waals surface area contributed by atoms with Gasteiger partial charge < -0.3 is 10.0 Å². The summed E-state index contributed by atoms with van der Waals surface area (Å²) in [5.41, 5.74) is 1.24. The number of benzene rings is 1. The third kappa shape index (κ3) is 6.68. The molecule has 4 nitrogen and oxygen atoms in total. The normalized spacial score (nSPS) is 11.6. The molecule has 96 valence electrons. The average molecular weight is 274 g/mol. The zero-order valence-corrected chi connectivity index (χ0v) is 11.7. The van der Waals surface area contributed by atoms with Crippen molar-refractivity contribution in [1.29, 1.82) is 0 Å². The Bertz CT molecular complexity index is 429. The molecule has 0 aliphatic rings. The second-order valence-electron chi connectivity index (χ2n) is 3.72. The molecular formula is C11H18N2O2S2. The van der Waals surface area contributed by atoms with Crippen LogP contribution < -0.4 is 5.32 Å². The molecule has 0 atom stereocenters. The lowest BCUT2D eigenvalue weighted by atomic mass is 10.2. The molecule has 0 aliphatic carbocycles. The van der Waals surface area contributed by atoms with E-state index in [0.29, 0.717) is 13.1 Å². The Hall–Kier alpha value is -0.560. The summed E-state index contributed by atoms with van der Waals surface area (Å²) >= 11 is 1.72. The maximum Gasteiger partial charge on any atom is 0.101 e. The molecule has 1 aromatic rings. The summed E-state index contributed by atoms with van der Waals surface area (Å²) in [6.45, 7) is 1.90. The molecule has 1 aromatic carbocycles. The second kappa shape index (κ2) is 7.00. The van der Waals surface area contributed by atoms with Crippen molar-refractivity contribution in [3.05, 3.63) is 34.6 Å². The Morgan fingerprint density at radius 2 is 1.94 bits per heavy atom. The first-order chi connectivity index (χ1) is 8.01. The highest BCUT2D eigenvalue weighted by Gasteiger charge is 1.95. The molecule has 2 N–H and O–H groups in total. The summed E-state index contributed by atoms with van der Waals surface area (Å²) in [7, 11) is -3.18. The Kier molecular flexibility index (Phi) is 5.97. The van der Waals surface area contributed by atoms with Crippen molar-refractivity contribution in [2.24, 2.45) is 0 Å². The maximum atomic E-state index is 10.8. The van der Waals surface area contributed by atoms with Gasteiger partial charge in [-0.05, 0) is 18.4 Å². The van der Waals surface area contributed by atoms with Gasteiger partial charge in [-0.1, -0.05) is 18.7 Å². The lowest BCUT2D eigenvalue weighted by Gasteiger charge is -2.14. The average Bonchev–Trinajstić information content (AvgIpc) is 2.28. The highest BCUT2D eigenvalue weighted by molar-refractivity contribution is 7.98. The molecule has 0 radical (unpaired) electrons. The SMILES string of the molecule is CSc1ccc(C[NH2+]CC[N-]S(C)(=O)=O)cc1. The zero-order valence-electron chi connectivity index (χ0n) is 10.1. The topological polar surface area (TPSA) is 64.8 Å². The first-order valence-corrected chi connectivity index (χ1v) is 8.42. The third-order valence-corrected chi connectivity index (χ3v) is 3.59. The van der Waals surface area contributed by atoms with Crippen molar-refractivity contribution in [2.45, 2.75) is 11.4 Å². The van der Waals surface area contributed by atoms with Crippen molar-refractivity contribution in [1.82, 2.24) is 0 Å². The maximum absolute atomic E-state index is 10.8. The summed E-state index contributed by atoms with van der Waals surface area (Å²) < 4.78 is 25.1. The number of thioether (sulfide) groups is 1. The van der Waals surface area contributed by atoms with Gasteiger partial charge in [0, 0.05) is 16.7 Å². The van der Waals surface area contributed by atoms with Gasteiger partial charge in [0.25, 0.3) is 0 Å². The molecule has 0 saturated carbocycles. The fourth-order valence-electron chi connectivity index (χ4n) is 1.34. The van der Waals surface area contributed by atoms with Crippen LogP contribution in [-0.2, 0) is 16.6 Å². The first-order valence-electron chi connectivity index (χ1n) is 5.34. The monoisotopic (exact) mass is 274 g/mol. The Labute approximate surface area is 107 Å². The lowest BCUT2D eigenvalue weighted by Crippen LogP contribution is -2.83. The molecule has 17 heavy (non-hydrogen) atoms. The van der Waals surface area contributed by atoms with Crippen LogP contribution in [0.15, 0.2) is 29.2 Å². The predicted octanol–water partition coefficient (Wildman–Crippen LogP) is 0.805. The molecular weight excluding hydrogens is 256 g/mol. The van der Waals surface area contributed by atoms with Crippen LogP contribution in [-0.4, -0.2) is 34.0 Å². The number of nitrogens with zero attached hydrogens (tertiary/aromatic N) is 1. The van der Waals surface area contributed by atoms with Gasteiger partial charge in [0.1, 0.15) is 6.54 Å². The predicted molar refractivity (Wildman–Crippen MR) is 71.8 cm³/mol. The highest BCUT2D eigenvalue weighted by Crippen LogP contribution is 2.14. The molecule has 0 heterocycles. The molecule has 0 spiro atoms. The van der Waals surface area contributed by atoms with E-state index in [1.54, 1.807) is 11.8 Å². The van der Waals surface area contributed by atoms with Gasteiger partial charge >= 0.3 is 0 Å². The van der Waals surface area contributed by atoms with E-state index in [1.165, 1.54) is 10.5 Å². The van der Waals surface area contributed by atoms with Crippen LogP contribution in [0.5, 0.6) is 0 Å². The summed E-state index contributed by atoms with van der Waals surface area (Å²) in [6.07, 6.45) is 3.17. The third-order valence-electron chi connectivity index (χ3n) is 2.20. The van der Waals surface area contributed by atoms with Gasteiger partial charge in [-0.25, -0.2) is 8.42 Å². The van der Waals surface area contributed by atoms with Gasteiger partial charge in [0.05, 0.1) is 16.6 Å². The van der Waals surface area contributed by atoms with Crippen LogP contribution in [0.3, 0.4) is 0 Å². The van der Waals surface area contributed by atoms with E-state index in [4.69, 9.17) is 0 Å². The molecule has 0 aromatic heterocycles. The minimum Gasteiger partial charge on any atom is -0.545 e. The van der Waals surface area contributed by atoms with Gasteiger partial charge in [-0.15, -0.1) is 11.8 Å². The summed E-state index contributed by atoms with van der Waals surface area (Å²) in [5.74, 6) is 0. The molecule has 0 amide bonds. The minimum absolute atomic E-state index is 0.349. The van der Waals surface area contributed by atoms with Crippen molar-refractivity contribution in [3.8, 4) is 0 Å². The summed E-state index contributed by atoms with van der Waals surface area (Å²) in [6, 6.07) is 8.37. The van der Waals surface area contributed by atoms with E-state index >= 15 is 0 Å². The Morgan fingerprint density at radius 3 is 2.47 bits per heavy atom. The minimum atomic E-state index is -3.18. The van der Waals surface area contributed by atoms with E-state index < -0.39 is 10.0 Å². The van der Waals surface area contributed by atoms with E-state index in [-0.39, 0.29) is 0 Å². The van der Waals surface area contributed by atoms with Crippen molar-refractivity contribution in [2.75, 3.05) is 25.6 Å². The van der Waals surface area contributed by atoms with E-state index in [1.807, 2.05) is 6.26 Å². The van der Waals surface area contributed by atoms with Crippen molar-refractivity contribution >= 4 is 21.8 Å². The van der Waals surface area contributed by atoms with Gasteiger partial charge in [-0.2, -0.15) is 0 Å². The summed E-state index contributed by atoms with van der Waals surface area (Å²) in [4.78, 5) is 1.25. The number of hydrogen-bond donors (Lipinski definition) is 1. The largest absolute Gasteiger partial charge is 0.545 e. The van der Waals surface area contributed by atoms with Crippen LogP contribution >= 0.6 is 11.8 Å². The van der Waals surface area contributed by atoms with Gasteiger partial charge in [0.15, 0.2) is 0 Å². The van der Waals surface area contributed by atoms with Crippen LogP contribution in [0.2, 0.25) is 0 Å². The zero-order chi connectivity index (χ0) is 12.7. The number of hydrogen-bond acceptors (Lipinski definition) is 3. The van der Waals surface area contributed by atoms with Gasteiger partial charge in [-0.3, -0.25) is 0 Å². The van der Waals surface area contributed by atoms with Crippen LogP contribution in [0.4, 0.5) is 0 Å². The molecule has 0 unspecified atom stereocenters. The first kappa shape index (κ1) is 14.5. The van der Waals surface area contributed by atoms with E-state index in [9.17, 15) is 8.42 Å². The fourth-order valence-corrected chi connectivity index (χ4v) is 2.19. The Morgan fingerprint density at radius 1 is 1.29 bits per heavy atom. The van der Waals surface area contributed by atoms with E-state index in [0.717, 1.165) is 12.8 Å². The van der Waals surface area contributed by atoms with Crippen molar-refractivity contribution in [3.63, 3.8) is 0 Å². The molecule has 0 saturated heterocycles. The smallest absolute Gasteiger partial charge is 0.101 e. The second-order valence-corrected chi connectivity index (χ2v) is 6.32. The number of quaternary nitrogens is 1. The number of nitrogens with two attached hydrogens (primary N) is 1.